The van der Waals surface area contributed by atoms with Crippen molar-refractivity contribution in [3.05, 3.63) is 5.92 Å². The van der Waals surface area contributed by atoms with Crippen LogP contribution in [0.4, 0.5) is 0 Å². The van der Waals surface area contributed by atoms with Gasteiger partial charge in [-0.2, -0.15) is 19.8 Å². The molecule has 0 nitrogen and oxygen atoms in total. The van der Waals surface area contributed by atoms with E-state index in [1.807, 2.05) is 0 Å². The van der Waals surface area contributed by atoms with Gasteiger partial charge in [0.1, 0.15) is 0 Å². The van der Waals surface area contributed by atoms with Gasteiger partial charge >= 0.3 is 0 Å². The Labute approximate surface area is 197 Å². The van der Waals surface area contributed by atoms with Gasteiger partial charge in [0.2, 0.25) is 0 Å². The first kappa shape index (κ1) is 26.1. The molecule has 0 heterocycles. The summed E-state index contributed by atoms with van der Waals surface area (Å²) in [5.74, 6) is 6.88. The van der Waals surface area contributed by atoms with Crippen molar-refractivity contribution in [1.82, 2.24) is 0 Å². The van der Waals surface area contributed by atoms with Crippen molar-refractivity contribution in [2.75, 3.05) is 0 Å². The molecule has 0 spiro atoms. The first-order valence-electron chi connectivity index (χ1n) is 12.1. The largest absolute Gasteiger partial charge is 0.316 e. The molecule has 0 bridgehead atoms. The first-order chi connectivity index (χ1) is 12.3. The summed E-state index contributed by atoms with van der Waals surface area (Å²) in [6, 6.07) is 0. The molecule has 0 saturated heterocycles. The van der Waals surface area contributed by atoms with Crippen LogP contribution < -0.4 is 0 Å². The molecule has 1 heteroatoms. The van der Waals surface area contributed by atoms with Crippen LogP contribution in [0, 0.1) is 40.9 Å². The van der Waals surface area contributed by atoms with Crippen LogP contribution in [-0.4, -0.2) is 0 Å². The summed E-state index contributed by atoms with van der Waals surface area (Å²) in [6.07, 6.45) is 19.3. The predicted molar refractivity (Wildman–Crippen MR) is 117 cm³/mol. The van der Waals surface area contributed by atoms with Crippen molar-refractivity contribution in [1.29, 1.82) is 0 Å². The third kappa shape index (κ3) is 9.64. The molecular formula is C26H49Y-. The van der Waals surface area contributed by atoms with E-state index >= 15 is 0 Å². The average molecular weight is 451 g/mol. The van der Waals surface area contributed by atoms with Crippen LogP contribution in [0.15, 0.2) is 0 Å². The summed E-state index contributed by atoms with van der Waals surface area (Å²) in [5.41, 5.74) is 0.627. The van der Waals surface area contributed by atoms with Crippen molar-refractivity contribution < 1.29 is 32.7 Å². The third-order valence-corrected chi connectivity index (χ3v) is 8.06. The topological polar surface area (TPSA) is 0 Å². The van der Waals surface area contributed by atoms with Gasteiger partial charge in [-0.1, -0.05) is 110 Å². The molecule has 3 aliphatic carbocycles. The Balaban J connectivity index is 0.000000273. The maximum atomic E-state index is 2.44. The zero-order valence-electron chi connectivity index (χ0n) is 19.7. The van der Waals surface area contributed by atoms with Gasteiger partial charge in [-0.25, -0.2) is 0 Å². The van der Waals surface area contributed by atoms with E-state index in [0.717, 1.165) is 29.6 Å². The van der Waals surface area contributed by atoms with Crippen molar-refractivity contribution in [2.24, 2.45) is 35.0 Å². The summed E-state index contributed by atoms with van der Waals surface area (Å²) in [6.45, 7) is 14.3. The van der Waals surface area contributed by atoms with E-state index in [9.17, 15) is 0 Å². The summed E-state index contributed by atoms with van der Waals surface area (Å²) in [7, 11) is 0. The Hall–Kier alpha value is 1.10. The molecule has 0 aliphatic heterocycles. The minimum Gasteiger partial charge on any atom is -0.316 e. The molecule has 0 amide bonds. The van der Waals surface area contributed by atoms with Gasteiger partial charge in [0.05, 0.1) is 0 Å². The van der Waals surface area contributed by atoms with Gasteiger partial charge in [0, 0.05) is 32.7 Å². The van der Waals surface area contributed by atoms with Crippen LogP contribution in [0.25, 0.3) is 0 Å². The van der Waals surface area contributed by atoms with Crippen LogP contribution in [0.5, 0.6) is 0 Å². The smallest absolute Gasteiger partial charge is 0 e. The van der Waals surface area contributed by atoms with E-state index < -0.39 is 0 Å². The fraction of sp³-hybridized carbons (Fsp3) is 0.962. The standard InChI is InChI=1S/C15H28.C11H21.Y/c1-12-3-7-14(8-4-12)11-15-9-5-13(2)6-10-15;1-5-11(4)7-9(2)6-10(3)8-11;/h12-15H,3-11H2,1-2H3;9H,5-8H2,1-4H3;/q;-1;. The maximum absolute atomic E-state index is 2.44. The Morgan fingerprint density at radius 1 is 0.778 bits per heavy atom. The van der Waals surface area contributed by atoms with Gasteiger partial charge in [-0.05, 0) is 30.1 Å². The number of hydrogen-bond acceptors (Lipinski definition) is 0. The van der Waals surface area contributed by atoms with Crippen molar-refractivity contribution in [3.63, 3.8) is 0 Å². The predicted octanol–water partition coefficient (Wildman–Crippen LogP) is 8.84. The van der Waals surface area contributed by atoms with Gasteiger partial charge < -0.3 is 5.92 Å². The molecule has 27 heavy (non-hydrogen) atoms. The van der Waals surface area contributed by atoms with E-state index in [4.69, 9.17) is 0 Å². The van der Waals surface area contributed by atoms with Gasteiger partial charge in [-0.3, -0.25) is 0 Å². The van der Waals surface area contributed by atoms with E-state index in [-0.39, 0.29) is 32.7 Å². The Morgan fingerprint density at radius 2 is 1.22 bits per heavy atom. The zero-order valence-corrected chi connectivity index (χ0v) is 22.5. The first-order valence-corrected chi connectivity index (χ1v) is 12.1. The van der Waals surface area contributed by atoms with Crippen molar-refractivity contribution in [3.8, 4) is 0 Å². The van der Waals surface area contributed by atoms with Crippen LogP contribution in [0.2, 0.25) is 0 Å². The molecule has 0 aromatic heterocycles. The zero-order chi connectivity index (χ0) is 19.2. The van der Waals surface area contributed by atoms with Crippen LogP contribution in [0.1, 0.15) is 125 Å². The van der Waals surface area contributed by atoms with Crippen LogP contribution >= 0.6 is 0 Å². The second-order valence-electron chi connectivity index (χ2n) is 11.3. The summed E-state index contributed by atoms with van der Waals surface area (Å²) in [5, 5.41) is 0. The SMILES string of the molecule is CC1CCC(CC2CCC(C)CC2)CC1.CCC1(C)C[C-](C)CC(C)C1.[Y]. The summed E-state index contributed by atoms with van der Waals surface area (Å²) in [4.78, 5) is 0. The molecule has 0 aromatic carbocycles. The molecule has 3 rings (SSSR count). The monoisotopic (exact) mass is 450 g/mol. The fourth-order valence-corrected chi connectivity index (χ4v) is 6.25. The fourth-order valence-electron chi connectivity index (χ4n) is 6.25. The Bertz CT molecular complexity index is 344. The minimum absolute atomic E-state index is 0. The molecule has 3 aliphatic rings. The van der Waals surface area contributed by atoms with Gasteiger partial charge in [0.15, 0.2) is 0 Å². The molecule has 157 valence electrons. The molecule has 3 saturated carbocycles. The molecule has 0 N–H and O–H groups in total. The van der Waals surface area contributed by atoms with Gasteiger partial charge in [0.25, 0.3) is 0 Å². The maximum Gasteiger partial charge on any atom is 0 e. The molecular weight excluding hydrogens is 401 g/mol. The molecule has 0 aromatic rings. The Morgan fingerprint density at radius 3 is 1.59 bits per heavy atom. The van der Waals surface area contributed by atoms with Gasteiger partial charge in [-0.15, -0.1) is 0 Å². The molecule has 2 unspecified atom stereocenters. The van der Waals surface area contributed by atoms with Crippen molar-refractivity contribution >= 4 is 0 Å². The van der Waals surface area contributed by atoms with E-state index in [2.05, 4.69) is 41.5 Å². The van der Waals surface area contributed by atoms with Crippen LogP contribution in [-0.2, 0) is 32.7 Å². The third-order valence-electron chi connectivity index (χ3n) is 8.06. The number of hydrogen-bond donors (Lipinski definition) is 0. The molecule has 1 radical (unpaired) electrons. The summed E-state index contributed by atoms with van der Waals surface area (Å²) >= 11 is 0. The molecule has 3 fully saturated rings. The van der Waals surface area contributed by atoms with Crippen LogP contribution in [0.3, 0.4) is 0 Å². The number of rotatable bonds is 3. The van der Waals surface area contributed by atoms with E-state index in [0.29, 0.717) is 5.41 Å². The average Bonchev–Trinajstić information content (AvgIpc) is 2.58. The van der Waals surface area contributed by atoms with Crippen molar-refractivity contribution in [2.45, 2.75) is 125 Å². The normalized spacial score (nSPS) is 40.4. The molecule has 2 atom stereocenters. The summed E-state index contributed by atoms with van der Waals surface area (Å²) < 4.78 is 0. The Kier molecular flexibility index (Phi) is 12.3. The minimum atomic E-state index is 0. The second kappa shape index (κ2) is 12.7. The second-order valence-corrected chi connectivity index (χ2v) is 11.3. The van der Waals surface area contributed by atoms with E-state index in [1.54, 1.807) is 12.3 Å². The van der Waals surface area contributed by atoms with E-state index in [1.165, 1.54) is 77.0 Å². The quantitative estimate of drug-likeness (QED) is 0.377.